The predicted molar refractivity (Wildman–Crippen MR) is 168 cm³/mol. The molecule has 20 nitrogen and oxygen atoms in total. The van der Waals surface area contributed by atoms with E-state index in [2.05, 4.69) is 55.3 Å². The molecule has 0 fully saturated rings. The minimum absolute atomic E-state index is 0.0178. The summed E-state index contributed by atoms with van der Waals surface area (Å²) in [5.41, 5.74) is 2.45. The average Bonchev–Trinajstić information content (AvgIpc) is 3.81. The average molecular weight is 683 g/mol. The van der Waals surface area contributed by atoms with Crippen LogP contribution in [0.2, 0.25) is 0 Å². The lowest BCUT2D eigenvalue weighted by atomic mass is 10.2. The first-order valence-corrected chi connectivity index (χ1v) is 14.1. The Morgan fingerprint density at radius 2 is 1.08 bits per heavy atom. The number of carboxylic acid groups (broad SMARTS) is 1. The zero-order valence-electron chi connectivity index (χ0n) is 26.9. The van der Waals surface area contributed by atoms with E-state index < -0.39 is 17.9 Å². The minimum atomic E-state index is -1.20. The Morgan fingerprint density at radius 3 is 1.42 bits per heavy atom. The highest BCUT2D eigenvalue weighted by Gasteiger charge is 2.21. The number of aryl methyl sites for hydroxylation is 1. The smallest absolute Gasteiger partial charge is 0.358 e. The van der Waals surface area contributed by atoms with Crippen molar-refractivity contribution in [2.75, 3.05) is 28.4 Å². The van der Waals surface area contributed by atoms with Crippen molar-refractivity contribution in [1.29, 1.82) is 0 Å². The summed E-state index contributed by atoms with van der Waals surface area (Å²) in [5.74, 6) is -1.03. The standard InChI is InChI=1S/C15H12N6O5.C15H14N6O3/c1-25-13-4-3-12(18-19-13)21-11(5-8(20-21)15(24)26-2)9-6-17-10(7-16-9)14(22)23;1-9-7-17-11(8-16-9)12-6-10(15(22)24-3)20-21(12)13-4-5-14(23-2)19-18-13/h3-7H,1-2H3,(H,22,23);4-8H,1-3H3. The third-order valence-corrected chi connectivity index (χ3v) is 6.49. The van der Waals surface area contributed by atoms with Crippen LogP contribution in [0.4, 0.5) is 0 Å². The van der Waals surface area contributed by atoms with Gasteiger partial charge in [0, 0.05) is 30.5 Å². The van der Waals surface area contributed by atoms with Crippen LogP contribution in [0, 0.1) is 6.92 Å². The van der Waals surface area contributed by atoms with Gasteiger partial charge in [0.05, 0.1) is 64.1 Å². The number of aromatic nitrogens is 12. The molecule has 0 spiro atoms. The van der Waals surface area contributed by atoms with E-state index in [0.29, 0.717) is 40.5 Å². The van der Waals surface area contributed by atoms with Crippen LogP contribution in [-0.4, -0.2) is 111 Å². The van der Waals surface area contributed by atoms with Crippen molar-refractivity contribution < 1.29 is 38.4 Å². The Balaban J connectivity index is 0.000000195. The van der Waals surface area contributed by atoms with Crippen molar-refractivity contribution in [3.05, 3.63) is 84.0 Å². The summed E-state index contributed by atoms with van der Waals surface area (Å²) >= 11 is 0. The molecule has 0 bridgehead atoms. The van der Waals surface area contributed by atoms with Crippen molar-refractivity contribution >= 4 is 17.9 Å². The van der Waals surface area contributed by atoms with E-state index in [1.807, 2.05) is 6.92 Å². The zero-order chi connectivity index (χ0) is 35.8. The predicted octanol–water partition coefficient (Wildman–Crippen LogP) is 1.84. The number of carboxylic acids is 1. The number of aromatic carboxylic acids is 1. The highest BCUT2D eigenvalue weighted by Crippen LogP contribution is 2.23. The van der Waals surface area contributed by atoms with Crippen LogP contribution in [-0.2, 0) is 9.47 Å². The van der Waals surface area contributed by atoms with Gasteiger partial charge in [0.2, 0.25) is 11.8 Å². The van der Waals surface area contributed by atoms with Crippen LogP contribution < -0.4 is 9.47 Å². The SMILES string of the molecule is COC(=O)c1cc(-c2cnc(C(=O)O)cn2)n(-c2ccc(OC)nn2)n1.COC(=O)c1cc(-c2cnc(C)cn2)n(-c2ccc(OC)nn2)n1. The monoisotopic (exact) mass is 682 g/mol. The van der Waals surface area contributed by atoms with Crippen molar-refractivity contribution in [2.24, 2.45) is 0 Å². The number of methoxy groups -OCH3 is 4. The van der Waals surface area contributed by atoms with Gasteiger partial charge in [0.1, 0.15) is 11.4 Å². The molecule has 0 amide bonds. The normalized spacial score (nSPS) is 10.4. The Labute approximate surface area is 281 Å². The van der Waals surface area contributed by atoms with E-state index in [1.54, 1.807) is 42.7 Å². The molecular formula is C30H26N12O8. The number of rotatable bonds is 9. The molecule has 0 radical (unpaired) electrons. The summed E-state index contributed by atoms with van der Waals surface area (Å²) in [6.45, 7) is 1.84. The van der Waals surface area contributed by atoms with Crippen LogP contribution in [0.3, 0.4) is 0 Å². The van der Waals surface area contributed by atoms with E-state index in [0.717, 1.165) is 11.9 Å². The third-order valence-electron chi connectivity index (χ3n) is 6.49. The first-order valence-electron chi connectivity index (χ1n) is 14.1. The number of ether oxygens (including phenoxy) is 4. The van der Waals surface area contributed by atoms with Crippen LogP contribution in [0.1, 0.15) is 37.2 Å². The lowest BCUT2D eigenvalue weighted by Gasteiger charge is -2.06. The van der Waals surface area contributed by atoms with E-state index in [-0.39, 0.29) is 22.8 Å². The molecule has 0 aromatic carbocycles. The van der Waals surface area contributed by atoms with Crippen LogP contribution in [0.25, 0.3) is 34.4 Å². The van der Waals surface area contributed by atoms with Crippen LogP contribution in [0.15, 0.2) is 61.2 Å². The van der Waals surface area contributed by atoms with Gasteiger partial charge in [0.25, 0.3) is 0 Å². The Bertz CT molecular complexity index is 2120. The van der Waals surface area contributed by atoms with Crippen molar-refractivity contribution in [1.82, 2.24) is 59.9 Å². The molecular weight excluding hydrogens is 656 g/mol. The fraction of sp³-hybridized carbons (Fsp3) is 0.167. The Hall–Kier alpha value is -7.25. The summed E-state index contributed by atoms with van der Waals surface area (Å²) in [6.07, 6.45) is 5.59. The van der Waals surface area contributed by atoms with Crippen molar-refractivity contribution in [3.63, 3.8) is 0 Å². The van der Waals surface area contributed by atoms with E-state index in [4.69, 9.17) is 19.3 Å². The number of hydrogen-bond acceptors (Lipinski definition) is 17. The fourth-order valence-electron chi connectivity index (χ4n) is 4.05. The molecule has 0 unspecified atom stereocenters. The second kappa shape index (κ2) is 15.1. The number of hydrogen-bond donors (Lipinski definition) is 1. The fourth-order valence-corrected chi connectivity index (χ4v) is 4.05. The van der Waals surface area contributed by atoms with Gasteiger partial charge in [0.15, 0.2) is 28.7 Å². The van der Waals surface area contributed by atoms with Gasteiger partial charge in [-0.1, -0.05) is 0 Å². The van der Waals surface area contributed by atoms with Crippen LogP contribution in [0.5, 0.6) is 11.8 Å². The van der Waals surface area contributed by atoms with Gasteiger partial charge in [-0.2, -0.15) is 10.2 Å². The Morgan fingerprint density at radius 1 is 0.600 bits per heavy atom. The number of carbonyl (C=O) groups is 3. The highest BCUT2D eigenvalue weighted by molar-refractivity contribution is 5.89. The summed E-state index contributed by atoms with van der Waals surface area (Å²) in [4.78, 5) is 51.0. The molecule has 20 heteroatoms. The van der Waals surface area contributed by atoms with Gasteiger partial charge < -0.3 is 24.1 Å². The van der Waals surface area contributed by atoms with Gasteiger partial charge in [-0.25, -0.2) is 28.7 Å². The molecule has 0 aliphatic heterocycles. The van der Waals surface area contributed by atoms with E-state index in [9.17, 15) is 14.4 Å². The number of carbonyl (C=O) groups excluding carboxylic acids is 2. The van der Waals surface area contributed by atoms with E-state index in [1.165, 1.54) is 50.1 Å². The lowest BCUT2D eigenvalue weighted by molar-refractivity contribution is 0.0584. The molecule has 6 aromatic rings. The molecule has 254 valence electrons. The van der Waals surface area contributed by atoms with E-state index >= 15 is 0 Å². The molecule has 0 saturated carbocycles. The minimum Gasteiger partial charge on any atom is -0.480 e. The summed E-state index contributed by atoms with van der Waals surface area (Å²) in [6, 6.07) is 9.48. The van der Waals surface area contributed by atoms with Gasteiger partial charge in [-0.15, -0.1) is 20.4 Å². The number of nitrogens with zero attached hydrogens (tertiary/aromatic N) is 12. The first kappa shape index (κ1) is 34.1. The second-order valence-electron chi connectivity index (χ2n) is 9.64. The molecule has 50 heavy (non-hydrogen) atoms. The summed E-state index contributed by atoms with van der Waals surface area (Å²) in [7, 11) is 5.48. The molecule has 6 aromatic heterocycles. The van der Waals surface area contributed by atoms with Gasteiger partial charge in [-0.3, -0.25) is 15.0 Å². The van der Waals surface area contributed by atoms with Crippen molar-refractivity contribution in [3.8, 4) is 46.2 Å². The lowest BCUT2D eigenvalue weighted by Crippen LogP contribution is -2.07. The molecule has 0 atom stereocenters. The summed E-state index contributed by atoms with van der Waals surface area (Å²) in [5, 5.41) is 33.1. The zero-order valence-corrected chi connectivity index (χ0v) is 26.9. The topological polar surface area (TPSA) is 247 Å². The molecule has 0 saturated heterocycles. The Kier molecular flexibility index (Phi) is 10.3. The first-order chi connectivity index (χ1) is 24.1. The highest BCUT2D eigenvalue weighted by atomic mass is 16.5. The molecule has 6 rings (SSSR count). The molecule has 0 aliphatic carbocycles. The maximum Gasteiger partial charge on any atom is 0.358 e. The maximum atomic E-state index is 11.8. The molecule has 0 aliphatic rings. The third kappa shape index (κ3) is 7.48. The number of esters is 2. The van der Waals surface area contributed by atoms with Crippen LogP contribution >= 0.6 is 0 Å². The van der Waals surface area contributed by atoms with Gasteiger partial charge in [-0.05, 0) is 19.1 Å². The molecule has 1 N–H and O–H groups in total. The second-order valence-corrected chi connectivity index (χ2v) is 9.64. The quantitative estimate of drug-likeness (QED) is 0.214. The largest absolute Gasteiger partial charge is 0.480 e. The summed E-state index contributed by atoms with van der Waals surface area (Å²) < 4.78 is 22.1. The maximum absolute atomic E-state index is 11.8. The van der Waals surface area contributed by atoms with Crippen molar-refractivity contribution in [2.45, 2.75) is 6.92 Å². The molecule has 6 heterocycles. The van der Waals surface area contributed by atoms with Gasteiger partial charge >= 0.3 is 17.9 Å².